The van der Waals surface area contributed by atoms with Gasteiger partial charge in [-0.2, -0.15) is 14.5 Å². The minimum absolute atomic E-state index is 0.128. The van der Waals surface area contributed by atoms with Crippen LogP contribution in [0, 0.1) is 24.3 Å². The van der Waals surface area contributed by atoms with Crippen LogP contribution in [-0.4, -0.2) is 49.7 Å². The van der Waals surface area contributed by atoms with E-state index in [0.29, 0.717) is 66.7 Å². The summed E-state index contributed by atoms with van der Waals surface area (Å²) in [6.07, 6.45) is 1.64. The molecule has 9 rings (SSSR count). The number of carbonyl (C=O) groups is 1. The number of nitriles is 1. The average molecular weight is 729 g/mol. The van der Waals surface area contributed by atoms with Crippen molar-refractivity contribution >= 4 is 82.9 Å². The number of sulfonamides is 1. The number of aryl methyl sites for hydroxylation is 1. The zero-order valence-electron chi connectivity index (χ0n) is 28.6. The second-order valence-electron chi connectivity index (χ2n) is 12.5. The van der Waals surface area contributed by atoms with Crippen molar-refractivity contribution in [3.8, 4) is 12.1 Å². The van der Waals surface area contributed by atoms with Crippen LogP contribution in [0.5, 0.6) is 0 Å². The van der Waals surface area contributed by atoms with Crippen LogP contribution in [0.3, 0.4) is 0 Å². The Labute approximate surface area is 306 Å². The molecule has 0 saturated carbocycles. The highest BCUT2D eigenvalue weighted by atomic mass is 32.2. The predicted molar refractivity (Wildman–Crippen MR) is 205 cm³/mol. The fourth-order valence-corrected chi connectivity index (χ4v) is 7.53. The number of nitrogens with zero attached hydrogens (tertiary/aromatic N) is 8. The predicted octanol–water partition coefficient (Wildman–Crippen LogP) is 7.56. The standard InChI is InChI=1S/C40H26N9O4S/c1-3-53-40(50)24-18-34-27(20-41)36-39(46-32-11-7-5-9-30(32)43-36)49(34)35(19-24)42-21-28-33-17-14-25(47-54(51,52)26-15-12-23(2)13-16-26)22-48(33)38-37(28)44-29-8-4-6-10-31(29)45-38/h4-19,22,47H,3H2,1-2H3/q+1. The van der Waals surface area contributed by atoms with Gasteiger partial charge in [0.25, 0.3) is 15.7 Å². The molecule has 0 unspecified atom stereocenters. The smallest absolute Gasteiger partial charge is 0.393 e. The maximum atomic E-state index is 13.3. The van der Waals surface area contributed by atoms with Crippen LogP contribution in [0.4, 0.5) is 11.5 Å². The van der Waals surface area contributed by atoms with Crippen LogP contribution in [0.25, 0.3) is 60.3 Å². The van der Waals surface area contributed by atoms with Gasteiger partial charge in [-0.25, -0.2) is 33.1 Å². The van der Waals surface area contributed by atoms with Gasteiger partial charge in [-0.05, 0) is 62.4 Å². The van der Waals surface area contributed by atoms with Crippen molar-refractivity contribution in [1.29, 1.82) is 5.26 Å². The largest absolute Gasteiger partial charge is 0.462 e. The number of pyridine rings is 2. The number of anilines is 1. The van der Waals surface area contributed by atoms with E-state index in [1.54, 1.807) is 70.5 Å². The molecule has 0 aliphatic carbocycles. The fraction of sp³-hybridized carbons (Fsp3) is 0.0750. The van der Waals surface area contributed by atoms with Gasteiger partial charge in [0.15, 0.2) is 22.7 Å². The maximum Gasteiger partial charge on any atom is 0.393 e. The Morgan fingerprint density at radius 3 is 2.09 bits per heavy atom. The van der Waals surface area contributed by atoms with Crippen molar-refractivity contribution in [3.05, 3.63) is 130 Å². The summed E-state index contributed by atoms with van der Waals surface area (Å²) in [5.41, 5.74) is 7.17. The zero-order valence-corrected chi connectivity index (χ0v) is 29.5. The molecule has 6 aromatic heterocycles. The molecule has 0 saturated heterocycles. The molecule has 0 radical (unpaired) electrons. The second kappa shape index (κ2) is 12.4. The third-order valence-electron chi connectivity index (χ3n) is 9.01. The number of benzene rings is 3. The Balaban J connectivity index is 1.29. The van der Waals surface area contributed by atoms with E-state index < -0.39 is 16.0 Å². The third-order valence-corrected chi connectivity index (χ3v) is 10.4. The monoisotopic (exact) mass is 728 g/mol. The van der Waals surface area contributed by atoms with Crippen molar-refractivity contribution in [1.82, 2.24) is 28.7 Å². The Kier molecular flexibility index (Phi) is 7.44. The van der Waals surface area contributed by atoms with E-state index in [0.717, 1.165) is 5.56 Å². The van der Waals surface area contributed by atoms with Crippen molar-refractivity contribution < 1.29 is 17.9 Å². The van der Waals surface area contributed by atoms with Crippen LogP contribution in [0.15, 0.2) is 108 Å². The molecule has 13 nitrogen and oxygen atoms in total. The van der Waals surface area contributed by atoms with Gasteiger partial charge in [0.2, 0.25) is 0 Å². The summed E-state index contributed by atoms with van der Waals surface area (Å²) in [4.78, 5) is 37.5. The van der Waals surface area contributed by atoms with Crippen LogP contribution >= 0.6 is 0 Å². The van der Waals surface area contributed by atoms with Crippen LogP contribution in [-0.2, 0) is 14.8 Å². The van der Waals surface area contributed by atoms with Gasteiger partial charge in [-0.1, -0.05) is 42.0 Å². The Morgan fingerprint density at radius 1 is 0.815 bits per heavy atom. The lowest BCUT2D eigenvalue weighted by atomic mass is 10.2. The van der Waals surface area contributed by atoms with Gasteiger partial charge in [-0.15, -0.1) is 0 Å². The average Bonchev–Trinajstić information content (AvgIpc) is 3.65. The molecular formula is C40H26N9O4S+. The first-order valence-electron chi connectivity index (χ1n) is 16.8. The lowest BCUT2D eigenvalue weighted by Gasteiger charge is -2.09. The van der Waals surface area contributed by atoms with E-state index in [-0.39, 0.29) is 28.4 Å². The molecule has 0 bridgehead atoms. The molecule has 0 spiro atoms. The number of aromatic nitrogens is 6. The van der Waals surface area contributed by atoms with E-state index in [2.05, 4.69) is 16.9 Å². The lowest BCUT2D eigenvalue weighted by Crippen LogP contribution is -2.13. The first-order valence-corrected chi connectivity index (χ1v) is 18.3. The summed E-state index contributed by atoms with van der Waals surface area (Å²) in [5.74, 6) is -0.357. The molecule has 3 aromatic carbocycles. The van der Waals surface area contributed by atoms with Crippen molar-refractivity contribution in [2.45, 2.75) is 18.7 Å². The molecule has 0 atom stereocenters. The molecule has 14 heteroatoms. The quantitative estimate of drug-likeness (QED) is 0.176. The molecule has 0 aliphatic heterocycles. The summed E-state index contributed by atoms with van der Waals surface area (Å²) in [5, 5.41) is 10.3. The van der Waals surface area contributed by atoms with Crippen molar-refractivity contribution in [2.24, 2.45) is 0 Å². The summed E-state index contributed by atoms with van der Waals surface area (Å²) >= 11 is 0. The molecule has 9 aromatic rings. The molecule has 1 N–H and O–H groups in total. The SMILES string of the molecule is CCOC(=O)c1cc([N+]#Cc2c3nc4ccccc4nc3n3cc(NS(=O)(=O)c4ccc(C)cc4)ccc23)n2c(c1)c(C#N)c1nc3ccccc3nc12. The number of hydrogen-bond acceptors (Lipinski definition) is 9. The van der Waals surface area contributed by atoms with Crippen LogP contribution in [0.1, 0.15) is 34.0 Å². The van der Waals surface area contributed by atoms with Gasteiger partial charge < -0.3 is 4.74 Å². The van der Waals surface area contributed by atoms with Gasteiger partial charge >= 0.3 is 11.8 Å². The molecular weight excluding hydrogens is 703 g/mol. The van der Waals surface area contributed by atoms with E-state index >= 15 is 0 Å². The topological polar surface area (TPSA) is 161 Å². The first kappa shape index (κ1) is 32.5. The number of nitrogens with one attached hydrogen (secondary N) is 1. The van der Waals surface area contributed by atoms with Gasteiger partial charge in [-0.3, -0.25) is 9.12 Å². The van der Waals surface area contributed by atoms with Gasteiger partial charge in [0.05, 0.1) is 56.4 Å². The number of ether oxygens (including phenoxy) is 1. The first-order chi connectivity index (χ1) is 26.2. The van der Waals surface area contributed by atoms with E-state index in [1.165, 1.54) is 0 Å². The van der Waals surface area contributed by atoms with E-state index in [1.807, 2.05) is 55.5 Å². The summed E-state index contributed by atoms with van der Waals surface area (Å²) in [7, 11) is -3.90. The highest BCUT2D eigenvalue weighted by molar-refractivity contribution is 7.92. The molecule has 6 heterocycles. The summed E-state index contributed by atoms with van der Waals surface area (Å²) in [6.45, 7) is 3.75. The highest BCUT2D eigenvalue weighted by Crippen LogP contribution is 2.33. The minimum atomic E-state index is -3.90. The van der Waals surface area contributed by atoms with Crippen LogP contribution < -0.4 is 4.72 Å². The maximum absolute atomic E-state index is 13.3. The van der Waals surface area contributed by atoms with Gasteiger partial charge in [0.1, 0.15) is 22.7 Å². The molecule has 0 fully saturated rings. The molecule has 0 aliphatic rings. The molecule has 260 valence electrons. The summed E-state index contributed by atoms with van der Waals surface area (Å²) in [6, 6.07) is 33.2. The van der Waals surface area contributed by atoms with Crippen LogP contribution in [0.2, 0.25) is 0 Å². The zero-order chi connectivity index (χ0) is 37.1. The van der Waals surface area contributed by atoms with Gasteiger partial charge in [0, 0.05) is 12.3 Å². The number of para-hydroxylation sites is 4. The fourth-order valence-electron chi connectivity index (χ4n) is 6.49. The summed E-state index contributed by atoms with van der Waals surface area (Å²) < 4.78 is 38.1. The number of rotatable bonds is 5. The second-order valence-corrected chi connectivity index (χ2v) is 14.2. The van der Waals surface area contributed by atoms with E-state index in [9.17, 15) is 18.5 Å². The highest BCUT2D eigenvalue weighted by Gasteiger charge is 2.28. The Bertz CT molecular complexity index is 3280. The van der Waals surface area contributed by atoms with Crippen molar-refractivity contribution in [3.63, 3.8) is 0 Å². The normalized spacial score (nSPS) is 11.6. The Hall–Kier alpha value is -7.42. The van der Waals surface area contributed by atoms with Crippen molar-refractivity contribution in [2.75, 3.05) is 11.3 Å². The molecule has 0 amide bonds. The number of fused-ring (bicyclic) bond motifs is 8. The molecule has 54 heavy (non-hydrogen) atoms. The minimum Gasteiger partial charge on any atom is -0.462 e. The number of hydrogen-bond donors (Lipinski definition) is 1. The number of esters is 1. The number of carbonyl (C=O) groups excluding carboxylic acids is 1. The lowest BCUT2D eigenvalue weighted by molar-refractivity contribution is 0.0526. The Morgan fingerprint density at radius 2 is 1.44 bits per heavy atom. The van der Waals surface area contributed by atoms with E-state index in [4.69, 9.17) is 29.5 Å². The third kappa shape index (κ3) is 5.28.